The van der Waals surface area contributed by atoms with Crippen molar-refractivity contribution in [3.63, 3.8) is 0 Å². The van der Waals surface area contributed by atoms with Crippen molar-refractivity contribution in [3.8, 4) is 16.3 Å². The van der Waals surface area contributed by atoms with Gasteiger partial charge in [0.05, 0.1) is 37.2 Å². The number of carbonyl (C=O) groups excluding carboxylic acids is 2. The normalized spacial score (nSPS) is 10.5. The Bertz CT molecular complexity index is 1190. The van der Waals surface area contributed by atoms with Gasteiger partial charge in [-0.05, 0) is 12.1 Å². The van der Waals surface area contributed by atoms with E-state index in [0.29, 0.717) is 12.2 Å². The highest BCUT2D eigenvalue weighted by molar-refractivity contribution is 7.13. The standard InChI is InChI=1S/C24H23N5O3S/c30-22(11-12-32-21-9-5-2-6-10-21)27-19-14-26-29(15-19)16-23(31)25-13-20-17-33-24(28-20)18-7-3-1-4-8-18/h1-10,14-15,17H,11-13,16H2,(H,25,31)(H,27,30). The highest BCUT2D eigenvalue weighted by atomic mass is 32.1. The molecule has 0 saturated heterocycles. The first-order valence-corrected chi connectivity index (χ1v) is 11.3. The lowest BCUT2D eigenvalue weighted by Gasteiger charge is -2.06. The molecule has 9 heteroatoms. The van der Waals surface area contributed by atoms with Gasteiger partial charge in [-0.2, -0.15) is 5.10 Å². The number of ether oxygens (including phenoxy) is 1. The van der Waals surface area contributed by atoms with Gasteiger partial charge >= 0.3 is 0 Å². The van der Waals surface area contributed by atoms with Crippen molar-refractivity contribution in [1.29, 1.82) is 0 Å². The van der Waals surface area contributed by atoms with Gasteiger partial charge in [0.25, 0.3) is 0 Å². The summed E-state index contributed by atoms with van der Waals surface area (Å²) < 4.78 is 7.00. The number of anilines is 1. The number of thiazole rings is 1. The number of nitrogens with one attached hydrogen (secondary N) is 2. The highest BCUT2D eigenvalue weighted by Crippen LogP contribution is 2.23. The van der Waals surface area contributed by atoms with Crippen molar-refractivity contribution in [2.24, 2.45) is 0 Å². The molecule has 0 aliphatic carbocycles. The van der Waals surface area contributed by atoms with Gasteiger partial charge in [-0.3, -0.25) is 14.3 Å². The maximum Gasteiger partial charge on any atom is 0.242 e. The molecule has 2 aromatic carbocycles. The van der Waals surface area contributed by atoms with Crippen LogP contribution in [0.25, 0.3) is 10.6 Å². The van der Waals surface area contributed by atoms with Gasteiger partial charge in [0.15, 0.2) is 0 Å². The van der Waals surface area contributed by atoms with Crippen LogP contribution >= 0.6 is 11.3 Å². The second-order valence-corrected chi connectivity index (χ2v) is 8.03. The number of para-hydroxylation sites is 1. The summed E-state index contributed by atoms with van der Waals surface area (Å²) >= 11 is 1.54. The molecule has 0 radical (unpaired) electrons. The third kappa shape index (κ3) is 6.75. The van der Waals surface area contributed by atoms with Crippen molar-refractivity contribution >= 4 is 28.8 Å². The minimum absolute atomic E-state index is 0.0443. The second-order valence-electron chi connectivity index (χ2n) is 7.17. The van der Waals surface area contributed by atoms with Crippen molar-refractivity contribution in [3.05, 3.63) is 84.1 Å². The van der Waals surface area contributed by atoms with Crippen LogP contribution in [-0.4, -0.2) is 33.2 Å². The number of benzene rings is 2. The van der Waals surface area contributed by atoms with Crippen molar-refractivity contribution in [1.82, 2.24) is 20.1 Å². The van der Waals surface area contributed by atoms with E-state index in [1.807, 2.05) is 66.0 Å². The smallest absolute Gasteiger partial charge is 0.242 e. The predicted octanol–water partition coefficient (Wildman–Crippen LogP) is 3.73. The molecule has 4 aromatic rings. The Morgan fingerprint density at radius 1 is 1.00 bits per heavy atom. The zero-order chi connectivity index (χ0) is 22.9. The van der Waals surface area contributed by atoms with Gasteiger partial charge in [0.2, 0.25) is 11.8 Å². The van der Waals surface area contributed by atoms with E-state index in [2.05, 4.69) is 20.7 Å². The monoisotopic (exact) mass is 461 g/mol. The number of amides is 2. The van der Waals surface area contributed by atoms with Gasteiger partial charge in [0.1, 0.15) is 17.3 Å². The summed E-state index contributed by atoms with van der Waals surface area (Å²) in [6.45, 7) is 0.659. The van der Waals surface area contributed by atoms with Gasteiger partial charge in [-0.25, -0.2) is 4.98 Å². The molecule has 2 amide bonds. The van der Waals surface area contributed by atoms with Gasteiger partial charge in [-0.15, -0.1) is 11.3 Å². The van der Waals surface area contributed by atoms with E-state index in [-0.39, 0.29) is 31.4 Å². The summed E-state index contributed by atoms with van der Waals surface area (Å²) in [7, 11) is 0. The minimum atomic E-state index is -0.193. The molecule has 0 bridgehead atoms. The third-order valence-corrected chi connectivity index (χ3v) is 5.54. The van der Waals surface area contributed by atoms with Crippen LogP contribution in [0.15, 0.2) is 78.4 Å². The molecule has 4 rings (SSSR count). The van der Waals surface area contributed by atoms with Crippen LogP contribution in [0, 0.1) is 0 Å². The largest absolute Gasteiger partial charge is 0.493 e. The number of carbonyl (C=O) groups is 2. The third-order valence-electron chi connectivity index (χ3n) is 4.60. The van der Waals surface area contributed by atoms with E-state index < -0.39 is 0 Å². The molecular formula is C24H23N5O3S. The van der Waals surface area contributed by atoms with Crippen molar-refractivity contribution in [2.45, 2.75) is 19.5 Å². The lowest BCUT2D eigenvalue weighted by Crippen LogP contribution is -2.27. The van der Waals surface area contributed by atoms with Crippen molar-refractivity contribution in [2.75, 3.05) is 11.9 Å². The topological polar surface area (TPSA) is 98.1 Å². The Hall–Kier alpha value is -3.98. The molecule has 2 N–H and O–H groups in total. The number of nitrogens with zero attached hydrogens (tertiary/aromatic N) is 3. The first-order chi connectivity index (χ1) is 16.2. The van der Waals surface area contributed by atoms with E-state index >= 15 is 0 Å². The van der Waals surface area contributed by atoms with E-state index in [9.17, 15) is 9.59 Å². The Morgan fingerprint density at radius 3 is 2.55 bits per heavy atom. The van der Waals surface area contributed by atoms with Crippen LogP contribution in [0.3, 0.4) is 0 Å². The van der Waals surface area contributed by atoms with E-state index in [0.717, 1.165) is 22.0 Å². The Balaban J connectivity index is 1.18. The van der Waals surface area contributed by atoms with E-state index in [1.165, 1.54) is 10.9 Å². The van der Waals surface area contributed by atoms with Crippen LogP contribution in [0.1, 0.15) is 12.1 Å². The fourth-order valence-corrected chi connectivity index (χ4v) is 3.84. The Labute approximate surface area is 195 Å². The minimum Gasteiger partial charge on any atom is -0.493 e. The quantitative estimate of drug-likeness (QED) is 0.375. The summed E-state index contributed by atoms with van der Waals surface area (Å²) in [5.74, 6) is 0.340. The molecule has 0 aliphatic heterocycles. The highest BCUT2D eigenvalue weighted by Gasteiger charge is 2.09. The fraction of sp³-hybridized carbons (Fsp3) is 0.167. The van der Waals surface area contributed by atoms with Gasteiger partial charge in [0, 0.05) is 17.1 Å². The molecule has 168 valence electrons. The molecular weight excluding hydrogens is 438 g/mol. The van der Waals surface area contributed by atoms with E-state index in [1.54, 1.807) is 17.5 Å². The molecule has 0 fully saturated rings. The molecule has 2 aromatic heterocycles. The molecule has 0 unspecified atom stereocenters. The van der Waals surface area contributed by atoms with Gasteiger partial charge < -0.3 is 15.4 Å². The predicted molar refractivity (Wildman–Crippen MR) is 127 cm³/mol. The number of rotatable bonds is 10. The van der Waals surface area contributed by atoms with Crippen LogP contribution in [0.2, 0.25) is 0 Å². The van der Waals surface area contributed by atoms with Crippen LogP contribution < -0.4 is 15.4 Å². The summed E-state index contributed by atoms with van der Waals surface area (Å²) in [5.41, 5.74) is 2.38. The molecule has 2 heterocycles. The molecule has 0 spiro atoms. The SMILES string of the molecule is O=C(Cn1cc(NC(=O)CCOc2ccccc2)cn1)NCc1csc(-c2ccccc2)n1. The lowest BCUT2D eigenvalue weighted by molar-refractivity contribution is -0.122. The molecule has 0 saturated carbocycles. The number of hydrogen-bond donors (Lipinski definition) is 2. The molecule has 33 heavy (non-hydrogen) atoms. The summed E-state index contributed by atoms with van der Waals surface area (Å²) in [6, 6.07) is 19.2. The fourth-order valence-electron chi connectivity index (χ4n) is 3.01. The van der Waals surface area contributed by atoms with Crippen LogP contribution in [-0.2, 0) is 22.7 Å². The summed E-state index contributed by atoms with van der Waals surface area (Å²) in [5, 5.41) is 12.6. The Kier molecular flexibility index (Phi) is 7.44. The average Bonchev–Trinajstić information content (AvgIpc) is 3.49. The maximum atomic E-state index is 12.3. The number of hydrogen-bond acceptors (Lipinski definition) is 6. The summed E-state index contributed by atoms with van der Waals surface area (Å²) in [4.78, 5) is 28.9. The first-order valence-electron chi connectivity index (χ1n) is 10.4. The summed E-state index contributed by atoms with van der Waals surface area (Å²) in [6.07, 6.45) is 3.33. The molecule has 8 nitrogen and oxygen atoms in total. The van der Waals surface area contributed by atoms with E-state index in [4.69, 9.17) is 4.74 Å². The van der Waals surface area contributed by atoms with Crippen LogP contribution in [0.5, 0.6) is 5.75 Å². The Morgan fingerprint density at radius 2 is 1.76 bits per heavy atom. The lowest BCUT2D eigenvalue weighted by atomic mass is 10.2. The zero-order valence-corrected chi connectivity index (χ0v) is 18.6. The van der Waals surface area contributed by atoms with Crippen LogP contribution in [0.4, 0.5) is 5.69 Å². The molecule has 0 atom stereocenters. The van der Waals surface area contributed by atoms with Crippen molar-refractivity contribution < 1.29 is 14.3 Å². The second kappa shape index (κ2) is 11.1. The maximum absolute atomic E-state index is 12.3. The zero-order valence-electron chi connectivity index (χ0n) is 17.8. The average molecular weight is 462 g/mol. The number of aromatic nitrogens is 3. The molecule has 0 aliphatic rings. The first kappa shape index (κ1) is 22.2. The van der Waals surface area contributed by atoms with Gasteiger partial charge in [-0.1, -0.05) is 48.5 Å².